The first kappa shape index (κ1) is 21.6. The summed E-state index contributed by atoms with van der Waals surface area (Å²) in [6.45, 7) is 3.59. The van der Waals surface area contributed by atoms with E-state index < -0.39 is 10.0 Å². The number of quaternary nitrogens is 1. The molecule has 1 saturated heterocycles. The average Bonchev–Trinajstić information content (AvgIpc) is 3.46. The van der Waals surface area contributed by atoms with E-state index in [1.807, 2.05) is 6.07 Å². The molecule has 0 spiro atoms. The molecule has 0 radical (unpaired) electrons. The first-order chi connectivity index (χ1) is 16.4. The fraction of sp³-hybridized carbons (Fsp3) is 0.320. The Morgan fingerprint density at radius 3 is 2.79 bits per heavy atom. The Morgan fingerprint density at radius 1 is 1.12 bits per heavy atom. The van der Waals surface area contributed by atoms with Gasteiger partial charge in [-0.05, 0) is 36.1 Å². The number of nitrogens with zero attached hydrogens (tertiary/aromatic N) is 2. The number of para-hydroxylation sites is 1. The third-order valence-corrected chi connectivity index (χ3v) is 9.98. The quantitative estimate of drug-likeness (QED) is 0.446. The maximum atomic E-state index is 13.2. The third-order valence-electron chi connectivity index (χ3n) is 7.22. The summed E-state index contributed by atoms with van der Waals surface area (Å²) in [7, 11) is -1.65. The lowest BCUT2D eigenvalue weighted by atomic mass is 9.83. The number of hydrogen-bond acceptors (Lipinski definition) is 4. The van der Waals surface area contributed by atoms with Crippen molar-refractivity contribution in [1.82, 2.24) is 9.13 Å². The van der Waals surface area contributed by atoms with Crippen molar-refractivity contribution in [3.05, 3.63) is 81.7 Å². The van der Waals surface area contributed by atoms with E-state index in [1.54, 1.807) is 33.0 Å². The van der Waals surface area contributed by atoms with Crippen LogP contribution in [-0.2, 0) is 30.2 Å². The molecule has 34 heavy (non-hydrogen) atoms. The summed E-state index contributed by atoms with van der Waals surface area (Å²) in [5.74, 6) is 0.700. The Morgan fingerprint density at radius 2 is 1.97 bits per heavy atom. The molecule has 2 aliphatic rings. The smallest absolute Gasteiger partial charge is 0.275 e. The molecule has 5 heterocycles. The summed E-state index contributed by atoms with van der Waals surface area (Å²) in [5, 5.41) is 3.02. The number of likely N-dealkylation sites (tertiary alicyclic amines) is 1. The van der Waals surface area contributed by atoms with Crippen LogP contribution in [0.1, 0.15) is 23.6 Å². The first-order valence-electron chi connectivity index (χ1n) is 11.6. The summed E-state index contributed by atoms with van der Waals surface area (Å²) in [6, 6.07) is 15.3. The highest BCUT2D eigenvalue weighted by molar-refractivity contribution is 7.94. The van der Waals surface area contributed by atoms with Gasteiger partial charge in [0.05, 0.1) is 13.1 Å². The van der Waals surface area contributed by atoms with Crippen molar-refractivity contribution in [2.24, 2.45) is 13.0 Å². The second-order valence-electron chi connectivity index (χ2n) is 9.54. The Balaban J connectivity index is 1.26. The molecule has 7 nitrogen and oxygen atoms in total. The number of hydrogen-bond donors (Lipinski definition) is 2. The normalized spacial score (nSPS) is 22.0. The Bertz CT molecular complexity index is 1540. The van der Waals surface area contributed by atoms with Crippen LogP contribution in [0.2, 0.25) is 0 Å². The van der Waals surface area contributed by atoms with E-state index in [0.717, 1.165) is 43.1 Å². The molecule has 0 saturated carbocycles. The summed E-state index contributed by atoms with van der Waals surface area (Å²) in [4.78, 5) is 14.8. The minimum absolute atomic E-state index is 0.122. The van der Waals surface area contributed by atoms with E-state index in [0.29, 0.717) is 18.4 Å². The fourth-order valence-corrected chi connectivity index (χ4v) is 7.89. The SMILES string of the molecule is Cn1cc(C[NH+]2C[C@@H]3C[C@H](C2)c2ccc(NS(=O)(=O)c4cccs4)c(=O)n2C3)c2ccccc21. The van der Waals surface area contributed by atoms with Crippen molar-refractivity contribution in [1.29, 1.82) is 0 Å². The van der Waals surface area contributed by atoms with Crippen LogP contribution >= 0.6 is 11.3 Å². The number of benzene rings is 1. The number of nitrogens with one attached hydrogen (secondary N) is 2. The van der Waals surface area contributed by atoms with E-state index in [9.17, 15) is 13.2 Å². The molecular formula is C25H27N4O3S2+. The molecule has 0 amide bonds. The van der Waals surface area contributed by atoms with Crippen LogP contribution in [0, 0.1) is 5.92 Å². The number of rotatable bonds is 5. The monoisotopic (exact) mass is 495 g/mol. The molecule has 9 heteroatoms. The second kappa shape index (κ2) is 8.11. The predicted molar refractivity (Wildman–Crippen MR) is 134 cm³/mol. The minimum atomic E-state index is -3.75. The van der Waals surface area contributed by atoms with E-state index in [-0.39, 0.29) is 15.5 Å². The van der Waals surface area contributed by atoms with Crippen LogP contribution in [0.25, 0.3) is 10.9 Å². The van der Waals surface area contributed by atoms with Gasteiger partial charge in [0.1, 0.15) is 16.4 Å². The van der Waals surface area contributed by atoms with Crippen molar-refractivity contribution in [2.45, 2.75) is 29.6 Å². The lowest BCUT2D eigenvalue weighted by Gasteiger charge is -2.40. The van der Waals surface area contributed by atoms with Crippen LogP contribution in [-0.4, -0.2) is 30.6 Å². The standard InChI is InChI=1S/C25H26N4O3S2/c1-27-14-19(20-5-2-3-6-23(20)27)16-28-12-17-11-18(15-28)22-9-8-21(25(30)29(22)13-17)26-34(31,32)24-7-4-10-33-24/h2-10,14,17-18,26H,11-13,15-16H2,1H3/p+1/t17-,18+/m0/s1. The lowest BCUT2D eigenvalue weighted by Crippen LogP contribution is -3.13. The van der Waals surface area contributed by atoms with Gasteiger partial charge in [0, 0.05) is 53.8 Å². The molecule has 1 aromatic carbocycles. The second-order valence-corrected chi connectivity index (χ2v) is 12.4. The van der Waals surface area contributed by atoms with Crippen molar-refractivity contribution in [2.75, 3.05) is 17.8 Å². The average molecular weight is 496 g/mol. The Kier molecular flexibility index (Phi) is 5.16. The molecule has 6 rings (SSSR count). The molecule has 2 bridgehead atoms. The molecule has 2 aliphatic heterocycles. The molecule has 3 atom stereocenters. The van der Waals surface area contributed by atoms with E-state index in [1.165, 1.54) is 16.5 Å². The van der Waals surface area contributed by atoms with Gasteiger partial charge in [-0.2, -0.15) is 0 Å². The van der Waals surface area contributed by atoms with Crippen LogP contribution in [0.5, 0.6) is 0 Å². The molecule has 0 aliphatic carbocycles. The van der Waals surface area contributed by atoms with Gasteiger partial charge in [-0.1, -0.05) is 24.3 Å². The number of thiophene rings is 1. The minimum Gasteiger partial charge on any atom is -0.350 e. The van der Waals surface area contributed by atoms with Gasteiger partial charge >= 0.3 is 0 Å². The summed E-state index contributed by atoms with van der Waals surface area (Å²) < 4.78 is 32.0. The van der Waals surface area contributed by atoms with E-state index in [4.69, 9.17) is 0 Å². The fourth-order valence-electron chi connectivity index (χ4n) is 5.84. The summed E-state index contributed by atoms with van der Waals surface area (Å²) >= 11 is 1.14. The Labute approximate surface area is 202 Å². The van der Waals surface area contributed by atoms with Gasteiger partial charge in [0.2, 0.25) is 0 Å². The highest BCUT2D eigenvalue weighted by Gasteiger charge is 2.38. The van der Waals surface area contributed by atoms with Crippen molar-refractivity contribution < 1.29 is 13.3 Å². The number of sulfonamides is 1. The molecule has 1 unspecified atom stereocenters. The largest absolute Gasteiger partial charge is 0.350 e. The van der Waals surface area contributed by atoms with Crippen molar-refractivity contribution >= 4 is 38.0 Å². The van der Waals surface area contributed by atoms with Gasteiger partial charge in [0.15, 0.2) is 0 Å². The van der Waals surface area contributed by atoms with Crippen LogP contribution in [0.15, 0.2) is 69.1 Å². The van der Waals surface area contributed by atoms with Crippen LogP contribution in [0.4, 0.5) is 5.69 Å². The molecule has 1 fully saturated rings. The van der Waals surface area contributed by atoms with Crippen LogP contribution in [0.3, 0.4) is 0 Å². The van der Waals surface area contributed by atoms with Gasteiger partial charge < -0.3 is 14.0 Å². The van der Waals surface area contributed by atoms with Crippen molar-refractivity contribution in [3.63, 3.8) is 0 Å². The number of anilines is 1. The first-order valence-corrected chi connectivity index (χ1v) is 13.9. The van der Waals surface area contributed by atoms with E-state index in [2.05, 4.69) is 46.8 Å². The number of fused-ring (bicyclic) bond motifs is 5. The highest BCUT2D eigenvalue weighted by Crippen LogP contribution is 2.31. The van der Waals surface area contributed by atoms with Gasteiger partial charge in [-0.3, -0.25) is 9.52 Å². The third kappa shape index (κ3) is 3.68. The lowest BCUT2D eigenvalue weighted by molar-refractivity contribution is -0.924. The van der Waals surface area contributed by atoms with Gasteiger partial charge in [-0.25, -0.2) is 8.42 Å². The molecule has 2 N–H and O–H groups in total. The number of piperidine rings is 1. The maximum Gasteiger partial charge on any atom is 0.275 e. The molecule has 3 aromatic heterocycles. The van der Waals surface area contributed by atoms with Gasteiger partial charge in [0.25, 0.3) is 15.6 Å². The van der Waals surface area contributed by atoms with Gasteiger partial charge in [-0.15, -0.1) is 11.3 Å². The van der Waals surface area contributed by atoms with E-state index >= 15 is 0 Å². The maximum absolute atomic E-state index is 13.2. The summed E-state index contributed by atoms with van der Waals surface area (Å²) in [6.07, 6.45) is 3.32. The molecule has 4 aromatic rings. The zero-order valence-corrected chi connectivity index (χ0v) is 20.5. The Hall–Kier alpha value is -2.88. The highest BCUT2D eigenvalue weighted by atomic mass is 32.2. The molecular weight excluding hydrogens is 468 g/mol. The predicted octanol–water partition coefficient (Wildman–Crippen LogP) is 2.40. The van der Waals surface area contributed by atoms with Crippen LogP contribution < -0.4 is 15.2 Å². The van der Waals surface area contributed by atoms with Crippen molar-refractivity contribution in [3.8, 4) is 0 Å². The summed E-state index contributed by atoms with van der Waals surface area (Å²) in [5.41, 5.74) is 3.52. The zero-order chi connectivity index (χ0) is 23.4. The number of aromatic nitrogens is 2. The topological polar surface area (TPSA) is 77.5 Å². The molecule has 176 valence electrons. The number of aryl methyl sites for hydroxylation is 1. The number of pyridine rings is 1. The zero-order valence-electron chi connectivity index (χ0n) is 18.9.